The number of hydrogen-bond donors (Lipinski definition) is 2. The van der Waals surface area contributed by atoms with Gasteiger partial charge in [0.25, 0.3) is 0 Å². The van der Waals surface area contributed by atoms with Gasteiger partial charge in [-0.2, -0.15) is 0 Å². The van der Waals surface area contributed by atoms with E-state index in [9.17, 15) is 15.0 Å². The number of hydrogen-bond acceptors (Lipinski definition) is 7. The summed E-state index contributed by atoms with van der Waals surface area (Å²) in [5, 5.41) is 22.8. The second-order valence-electron chi connectivity index (χ2n) is 9.04. The molecular formula is C27H33N3O4S. The molecule has 2 aromatic heterocycles. The molecule has 3 heterocycles. The Morgan fingerprint density at radius 1 is 1.23 bits per heavy atom. The molecule has 4 rings (SSSR count). The molecule has 7 nitrogen and oxygen atoms in total. The first-order chi connectivity index (χ1) is 17.0. The molecule has 1 fully saturated rings. The fourth-order valence-electron chi connectivity index (χ4n) is 4.89. The molecule has 0 bridgehead atoms. The van der Waals surface area contributed by atoms with Crippen molar-refractivity contribution in [3.63, 3.8) is 0 Å². The van der Waals surface area contributed by atoms with Crippen molar-refractivity contribution in [3.8, 4) is 5.75 Å². The third kappa shape index (κ3) is 6.72. The lowest BCUT2D eigenvalue weighted by atomic mass is 9.81. The van der Waals surface area contributed by atoms with Crippen LogP contribution >= 0.6 is 11.8 Å². The summed E-state index contributed by atoms with van der Waals surface area (Å²) in [7, 11) is 1.62. The minimum Gasteiger partial charge on any atom is -0.497 e. The quantitative estimate of drug-likeness (QED) is 0.293. The normalized spacial score (nSPS) is 19.5. The molecule has 3 aromatic rings. The Hall–Kier alpha value is -2.68. The SMILES string of the molecule is COc1ccc2nccc([C@@H](O)CC[C@@H]3CCN(CCCSc4ccccn4)C[C@@H]3C(=O)O)c2c1. The number of ether oxygens (including phenoxy) is 1. The highest BCUT2D eigenvalue weighted by Gasteiger charge is 2.34. The molecule has 0 radical (unpaired) electrons. The molecule has 1 aromatic carbocycles. The fraction of sp³-hybridized carbons (Fsp3) is 0.444. The Morgan fingerprint density at radius 3 is 2.89 bits per heavy atom. The zero-order valence-corrected chi connectivity index (χ0v) is 20.9. The molecule has 1 aliphatic rings. The minimum atomic E-state index is -0.740. The molecule has 8 heteroatoms. The van der Waals surface area contributed by atoms with Crippen LogP contribution in [0.1, 0.15) is 37.4 Å². The molecule has 35 heavy (non-hydrogen) atoms. The fourth-order valence-corrected chi connectivity index (χ4v) is 5.68. The molecule has 0 saturated carbocycles. The summed E-state index contributed by atoms with van der Waals surface area (Å²) < 4.78 is 5.34. The van der Waals surface area contributed by atoms with Gasteiger partial charge in [0.05, 0.1) is 29.7 Å². The summed E-state index contributed by atoms with van der Waals surface area (Å²) in [4.78, 5) is 23.1. The van der Waals surface area contributed by atoms with Gasteiger partial charge < -0.3 is 19.8 Å². The maximum absolute atomic E-state index is 12.1. The maximum Gasteiger partial charge on any atom is 0.308 e. The molecule has 186 valence electrons. The number of aliphatic carboxylic acids is 1. The number of rotatable bonds is 11. The van der Waals surface area contributed by atoms with E-state index in [1.54, 1.807) is 31.3 Å². The van der Waals surface area contributed by atoms with Crippen LogP contribution < -0.4 is 4.74 Å². The molecule has 3 atom stereocenters. The molecule has 0 amide bonds. The number of carbonyl (C=O) groups is 1. The largest absolute Gasteiger partial charge is 0.497 e. The summed E-state index contributed by atoms with van der Waals surface area (Å²) in [6.45, 7) is 2.36. The highest BCUT2D eigenvalue weighted by molar-refractivity contribution is 7.99. The van der Waals surface area contributed by atoms with Crippen LogP contribution in [0.25, 0.3) is 10.9 Å². The van der Waals surface area contributed by atoms with Gasteiger partial charge in [0.2, 0.25) is 0 Å². The molecular weight excluding hydrogens is 462 g/mol. The number of carboxylic acids is 1. The number of piperidine rings is 1. The van der Waals surface area contributed by atoms with E-state index in [2.05, 4.69) is 14.9 Å². The number of nitrogens with zero attached hydrogens (tertiary/aromatic N) is 3. The van der Waals surface area contributed by atoms with Crippen molar-refractivity contribution in [3.05, 3.63) is 60.4 Å². The Bertz CT molecular complexity index is 1110. The lowest BCUT2D eigenvalue weighted by Gasteiger charge is -2.37. The number of benzene rings is 1. The first-order valence-electron chi connectivity index (χ1n) is 12.1. The standard InChI is InChI=1S/C27H33N3O4S/c1-34-20-7-8-24-22(17-20)21(10-13-28-24)25(31)9-6-19-11-15-30(18-23(19)27(32)33)14-4-16-35-26-5-2-3-12-29-26/h2-3,5,7-8,10,12-13,17,19,23,25,31H,4,6,9,11,14-16,18H2,1H3,(H,32,33)/t19-,23+,25+/m1/s1. The number of pyridine rings is 2. The lowest BCUT2D eigenvalue weighted by Crippen LogP contribution is -2.44. The minimum absolute atomic E-state index is 0.0592. The van der Waals surface area contributed by atoms with Gasteiger partial charge in [-0.25, -0.2) is 4.98 Å². The van der Waals surface area contributed by atoms with E-state index < -0.39 is 18.0 Å². The smallest absolute Gasteiger partial charge is 0.308 e. The maximum atomic E-state index is 12.1. The van der Waals surface area contributed by atoms with Gasteiger partial charge in [-0.15, -0.1) is 11.8 Å². The molecule has 2 N–H and O–H groups in total. The summed E-state index contributed by atoms with van der Waals surface area (Å²) in [5.74, 6) is 0.593. The number of methoxy groups -OCH3 is 1. The van der Waals surface area contributed by atoms with Crippen molar-refractivity contribution in [1.82, 2.24) is 14.9 Å². The van der Waals surface area contributed by atoms with Crippen LogP contribution in [0, 0.1) is 11.8 Å². The van der Waals surface area contributed by atoms with Crippen molar-refractivity contribution in [2.24, 2.45) is 11.8 Å². The first-order valence-corrected chi connectivity index (χ1v) is 13.1. The van der Waals surface area contributed by atoms with Crippen molar-refractivity contribution in [1.29, 1.82) is 0 Å². The van der Waals surface area contributed by atoms with E-state index in [-0.39, 0.29) is 5.92 Å². The van der Waals surface area contributed by atoms with Crippen molar-refractivity contribution < 1.29 is 19.7 Å². The second-order valence-corrected chi connectivity index (χ2v) is 10.2. The molecule has 0 unspecified atom stereocenters. The molecule has 1 saturated heterocycles. The van der Waals surface area contributed by atoms with Gasteiger partial charge in [0, 0.05) is 30.1 Å². The Morgan fingerprint density at radius 2 is 2.11 bits per heavy atom. The monoisotopic (exact) mass is 495 g/mol. The van der Waals surface area contributed by atoms with Crippen LogP contribution in [0.5, 0.6) is 5.75 Å². The number of fused-ring (bicyclic) bond motifs is 1. The Balaban J connectivity index is 1.30. The Kier molecular flexibility index (Phi) is 8.95. The van der Waals surface area contributed by atoms with Crippen LogP contribution in [-0.2, 0) is 4.79 Å². The Labute approximate surface area is 210 Å². The summed E-state index contributed by atoms with van der Waals surface area (Å²) in [6, 6.07) is 13.4. The number of aliphatic hydroxyl groups is 1. The predicted octanol–water partition coefficient (Wildman–Crippen LogP) is 4.66. The molecule has 0 aliphatic carbocycles. The zero-order valence-electron chi connectivity index (χ0n) is 20.0. The van der Waals surface area contributed by atoms with Crippen LogP contribution in [0.15, 0.2) is 59.9 Å². The number of likely N-dealkylation sites (tertiary alicyclic amines) is 1. The van der Waals surface area contributed by atoms with Crippen molar-refractivity contribution in [2.75, 3.05) is 32.5 Å². The molecule has 0 spiro atoms. The summed E-state index contributed by atoms with van der Waals surface area (Å²) in [5.41, 5.74) is 1.61. The van der Waals surface area contributed by atoms with E-state index in [0.29, 0.717) is 19.4 Å². The topological polar surface area (TPSA) is 95.8 Å². The van der Waals surface area contributed by atoms with E-state index in [1.165, 1.54) is 0 Å². The van der Waals surface area contributed by atoms with Crippen LogP contribution in [0.2, 0.25) is 0 Å². The first kappa shape index (κ1) is 25.4. The number of thioether (sulfide) groups is 1. The van der Waals surface area contributed by atoms with Gasteiger partial charge in [-0.3, -0.25) is 9.78 Å². The van der Waals surface area contributed by atoms with E-state index in [0.717, 1.165) is 58.9 Å². The second kappa shape index (κ2) is 12.3. The van der Waals surface area contributed by atoms with E-state index in [4.69, 9.17) is 4.74 Å². The van der Waals surface area contributed by atoms with E-state index >= 15 is 0 Å². The summed E-state index contributed by atoms with van der Waals surface area (Å²) >= 11 is 1.73. The predicted molar refractivity (Wildman–Crippen MR) is 138 cm³/mol. The zero-order chi connectivity index (χ0) is 24.6. The van der Waals surface area contributed by atoms with Gasteiger partial charge in [-0.05, 0) is 86.7 Å². The third-order valence-corrected chi connectivity index (χ3v) is 7.85. The van der Waals surface area contributed by atoms with Crippen LogP contribution in [0.3, 0.4) is 0 Å². The highest BCUT2D eigenvalue weighted by atomic mass is 32.2. The average molecular weight is 496 g/mol. The van der Waals surface area contributed by atoms with Crippen LogP contribution in [0.4, 0.5) is 0 Å². The average Bonchev–Trinajstić information content (AvgIpc) is 2.89. The number of aliphatic hydroxyl groups excluding tert-OH is 1. The van der Waals surface area contributed by atoms with Gasteiger partial charge in [0.15, 0.2) is 0 Å². The number of aromatic nitrogens is 2. The third-order valence-electron chi connectivity index (χ3n) is 6.82. The lowest BCUT2D eigenvalue weighted by molar-refractivity contribution is -0.146. The summed E-state index contributed by atoms with van der Waals surface area (Å²) in [6.07, 6.45) is 5.86. The van der Waals surface area contributed by atoms with Gasteiger partial charge in [-0.1, -0.05) is 6.07 Å². The van der Waals surface area contributed by atoms with E-state index in [1.807, 2.05) is 42.5 Å². The van der Waals surface area contributed by atoms with Crippen LogP contribution in [-0.4, -0.2) is 63.5 Å². The van der Waals surface area contributed by atoms with Gasteiger partial charge in [0.1, 0.15) is 5.75 Å². The van der Waals surface area contributed by atoms with Gasteiger partial charge >= 0.3 is 5.97 Å². The number of carboxylic acid groups (broad SMARTS) is 1. The van der Waals surface area contributed by atoms with Crippen molar-refractivity contribution >= 4 is 28.6 Å². The highest BCUT2D eigenvalue weighted by Crippen LogP contribution is 2.34. The molecule has 1 aliphatic heterocycles. The van der Waals surface area contributed by atoms with Crippen molar-refractivity contribution in [2.45, 2.75) is 36.8 Å².